The van der Waals surface area contributed by atoms with E-state index in [-0.39, 0.29) is 0 Å². The molecule has 3 aromatic carbocycles. The minimum Gasteiger partial charge on any atom is -0.354 e. The summed E-state index contributed by atoms with van der Waals surface area (Å²) in [4.78, 5) is 12.2. The van der Waals surface area contributed by atoms with Gasteiger partial charge in [-0.2, -0.15) is 0 Å². The van der Waals surface area contributed by atoms with E-state index < -0.39 is 0 Å². The number of benzene rings is 4. The van der Waals surface area contributed by atoms with Gasteiger partial charge >= 0.3 is 0 Å². The number of nitrogens with zero attached hydrogens (tertiary/aromatic N) is 4. The zero-order valence-electron chi connectivity index (χ0n) is 19.6. The van der Waals surface area contributed by atoms with E-state index in [2.05, 4.69) is 95.6 Å². The number of para-hydroxylation sites is 4. The van der Waals surface area contributed by atoms with Crippen LogP contribution in [0.5, 0.6) is 0 Å². The third-order valence-corrected chi connectivity index (χ3v) is 5.81. The maximum atomic E-state index is 5.02. The fourth-order valence-corrected chi connectivity index (χ4v) is 4.19. The molecule has 0 amide bonds. The molecule has 0 spiro atoms. The standard InChI is InChI=1S/C29H29N5/c1-33(2)19-11-18-30-25-21-29-27(20-26(25)31-22-12-5-3-6-13-22)32-24-16-9-10-17-28(24)34(29)23-14-7-4-8-15-23/h3-10,12-17,20-21,31H,11,18-19H2,1-2H3. The van der Waals surface area contributed by atoms with Crippen molar-refractivity contribution in [3.05, 3.63) is 102 Å². The summed E-state index contributed by atoms with van der Waals surface area (Å²) < 4.78 is 2.28. The Balaban J connectivity index is 1.73. The Labute approximate surface area is 200 Å². The summed E-state index contributed by atoms with van der Waals surface area (Å²) in [6.45, 7) is 1.77. The van der Waals surface area contributed by atoms with Gasteiger partial charge < -0.3 is 14.8 Å². The third-order valence-electron chi connectivity index (χ3n) is 5.81. The Morgan fingerprint density at radius 3 is 2.32 bits per heavy atom. The molecule has 0 radical (unpaired) electrons. The summed E-state index contributed by atoms with van der Waals surface area (Å²) in [6, 6.07) is 33.3. The number of hydrogen-bond donors (Lipinski definition) is 1. The first kappa shape index (κ1) is 21.9. The average molecular weight is 448 g/mol. The van der Waals surface area contributed by atoms with E-state index in [0.29, 0.717) is 0 Å². The summed E-state index contributed by atoms with van der Waals surface area (Å²) in [6.07, 6.45) is 1.00. The van der Waals surface area contributed by atoms with Crippen molar-refractivity contribution in [3.63, 3.8) is 0 Å². The summed E-state index contributed by atoms with van der Waals surface area (Å²) in [5.41, 5.74) is 7.09. The van der Waals surface area contributed by atoms with E-state index in [4.69, 9.17) is 9.98 Å². The monoisotopic (exact) mass is 447 g/mol. The topological polar surface area (TPSA) is 45.5 Å². The highest BCUT2D eigenvalue weighted by Gasteiger charge is 2.16. The van der Waals surface area contributed by atoms with Crippen LogP contribution < -0.4 is 10.7 Å². The molecule has 1 N–H and O–H groups in total. The molecule has 1 aliphatic carbocycles. The molecular weight excluding hydrogens is 418 g/mol. The van der Waals surface area contributed by atoms with Crippen LogP contribution in [-0.2, 0) is 0 Å². The normalized spacial score (nSPS) is 12.0. The van der Waals surface area contributed by atoms with Gasteiger partial charge in [0.2, 0.25) is 0 Å². The van der Waals surface area contributed by atoms with Crippen molar-refractivity contribution in [1.82, 2.24) is 14.5 Å². The van der Waals surface area contributed by atoms with Crippen molar-refractivity contribution in [3.8, 4) is 17.1 Å². The first-order chi connectivity index (χ1) is 16.7. The van der Waals surface area contributed by atoms with Crippen molar-refractivity contribution in [1.29, 1.82) is 0 Å². The Morgan fingerprint density at radius 2 is 1.56 bits per heavy atom. The molecule has 0 saturated heterocycles. The van der Waals surface area contributed by atoms with Crippen LogP contribution in [0, 0.1) is 0 Å². The predicted molar refractivity (Wildman–Crippen MR) is 141 cm³/mol. The molecule has 3 aromatic rings. The highest BCUT2D eigenvalue weighted by molar-refractivity contribution is 5.84. The fraction of sp³-hybridized carbons (Fsp3) is 0.172. The van der Waals surface area contributed by atoms with Crippen LogP contribution in [0.25, 0.3) is 28.1 Å². The lowest BCUT2D eigenvalue weighted by atomic mass is 10.1. The van der Waals surface area contributed by atoms with Crippen LogP contribution in [0.3, 0.4) is 0 Å². The van der Waals surface area contributed by atoms with E-state index in [1.807, 2.05) is 30.3 Å². The van der Waals surface area contributed by atoms with E-state index >= 15 is 0 Å². The van der Waals surface area contributed by atoms with Gasteiger partial charge in [-0.05, 0) is 75.6 Å². The van der Waals surface area contributed by atoms with Gasteiger partial charge in [0, 0.05) is 17.9 Å². The van der Waals surface area contributed by atoms with Crippen LogP contribution in [0.1, 0.15) is 6.42 Å². The van der Waals surface area contributed by atoms with Crippen LogP contribution in [0.2, 0.25) is 0 Å². The van der Waals surface area contributed by atoms with E-state index in [0.717, 1.165) is 64.4 Å². The molecule has 0 fully saturated rings. The van der Waals surface area contributed by atoms with E-state index in [9.17, 15) is 0 Å². The molecule has 5 rings (SSSR count). The van der Waals surface area contributed by atoms with Gasteiger partial charge in [-0.1, -0.05) is 48.5 Å². The fourth-order valence-electron chi connectivity index (χ4n) is 4.19. The van der Waals surface area contributed by atoms with Crippen molar-refractivity contribution in [2.24, 2.45) is 4.99 Å². The molecule has 170 valence electrons. The molecule has 0 saturated carbocycles. The maximum absolute atomic E-state index is 5.02. The van der Waals surface area contributed by atoms with Crippen LogP contribution in [0.4, 0.5) is 11.4 Å². The molecule has 5 nitrogen and oxygen atoms in total. The molecule has 2 aliphatic rings. The second kappa shape index (κ2) is 9.89. The highest BCUT2D eigenvalue weighted by atomic mass is 15.1. The van der Waals surface area contributed by atoms with Gasteiger partial charge in [-0.15, -0.1) is 0 Å². The van der Waals surface area contributed by atoms with Crippen molar-refractivity contribution in [2.75, 3.05) is 32.5 Å². The second-order valence-corrected chi connectivity index (χ2v) is 8.66. The van der Waals surface area contributed by atoms with Gasteiger partial charge in [0.25, 0.3) is 0 Å². The Bertz CT molecular complexity index is 1420. The lowest BCUT2D eigenvalue weighted by Gasteiger charge is -2.20. The van der Waals surface area contributed by atoms with Gasteiger partial charge in [0.05, 0.1) is 33.5 Å². The molecule has 0 aromatic heterocycles. The summed E-state index contributed by atoms with van der Waals surface area (Å²) >= 11 is 0. The van der Waals surface area contributed by atoms with Gasteiger partial charge in [-0.25, -0.2) is 4.98 Å². The maximum Gasteiger partial charge on any atom is 0.0900 e. The number of aromatic nitrogens is 2. The van der Waals surface area contributed by atoms with Gasteiger partial charge in [0.15, 0.2) is 0 Å². The molecule has 34 heavy (non-hydrogen) atoms. The Morgan fingerprint density at radius 1 is 0.853 bits per heavy atom. The predicted octanol–water partition coefficient (Wildman–Crippen LogP) is 5.73. The Hall–Kier alpha value is -3.96. The van der Waals surface area contributed by atoms with Crippen LogP contribution in [-0.4, -0.2) is 41.6 Å². The quantitative estimate of drug-likeness (QED) is 0.256. The lowest BCUT2D eigenvalue weighted by Crippen LogP contribution is -2.17. The first-order valence-electron chi connectivity index (χ1n) is 11.7. The minimum atomic E-state index is 0.763. The zero-order valence-corrected chi connectivity index (χ0v) is 19.6. The van der Waals surface area contributed by atoms with E-state index in [1.54, 1.807) is 0 Å². The molecular formula is C29H29N5. The Kier molecular flexibility index (Phi) is 6.36. The second-order valence-electron chi connectivity index (χ2n) is 8.66. The summed E-state index contributed by atoms with van der Waals surface area (Å²) in [5.74, 6) is 0. The van der Waals surface area contributed by atoms with Crippen LogP contribution >= 0.6 is 0 Å². The van der Waals surface area contributed by atoms with Gasteiger partial charge in [0.1, 0.15) is 0 Å². The van der Waals surface area contributed by atoms with Crippen LogP contribution in [0.15, 0.2) is 102 Å². The number of nitrogens with one attached hydrogen (secondary N) is 1. The van der Waals surface area contributed by atoms with E-state index in [1.165, 1.54) is 0 Å². The number of fused-ring (bicyclic) bond motifs is 2. The average Bonchev–Trinajstić information content (AvgIpc) is 2.86. The lowest BCUT2D eigenvalue weighted by molar-refractivity contribution is 0.402. The number of anilines is 2. The largest absolute Gasteiger partial charge is 0.354 e. The highest BCUT2D eigenvalue weighted by Crippen LogP contribution is 2.30. The van der Waals surface area contributed by atoms with Crippen molar-refractivity contribution >= 4 is 22.4 Å². The molecule has 0 atom stereocenters. The molecule has 1 heterocycles. The zero-order chi connectivity index (χ0) is 23.3. The van der Waals surface area contributed by atoms with Crippen molar-refractivity contribution in [2.45, 2.75) is 6.42 Å². The smallest absolute Gasteiger partial charge is 0.0900 e. The SMILES string of the molecule is CN(C)CCCN=c1cc2n(-c3ccccc3)c3ccccc3nc-2cc1Nc1ccccc1. The molecule has 0 bridgehead atoms. The molecule has 1 aliphatic heterocycles. The summed E-state index contributed by atoms with van der Waals surface area (Å²) in [7, 11) is 4.19. The third kappa shape index (κ3) is 4.70. The first-order valence-corrected chi connectivity index (χ1v) is 11.7. The van der Waals surface area contributed by atoms with Gasteiger partial charge in [-0.3, -0.25) is 4.99 Å². The summed E-state index contributed by atoms with van der Waals surface area (Å²) in [5, 5.41) is 4.51. The molecule has 0 unspecified atom stereocenters. The minimum absolute atomic E-state index is 0.763. The molecule has 5 heteroatoms. The number of hydrogen-bond acceptors (Lipinski definition) is 4. The van der Waals surface area contributed by atoms with Crippen molar-refractivity contribution < 1.29 is 0 Å². The number of rotatable bonds is 7.